The zero-order valence-corrected chi connectivity index (χ0v) is 15.9. The zero-order chi connectivity index (χ0) is 19.4. The van der Waals surface area contributed by atoms with Gasteiger partial charge in [0.15, 0.2) is 6.61 Å². The highest BCUT2D eigenvalue weighted by Gasteiger charge is 2.26. The summed E-state index contributed by atoms with van der Waals surface area (Å²) >= 11 is 0. The van der Waals surface area contributed by atoms with Gasteiger partial charge in [0.05, 0.1) is 23.7 Å². The molecule has 1 aliphatic rings. The summed E-state index contributed by atoms with van der Waals surface area (Å²) in [4.78, 5) is 23.6. The molecule has 1 saturated heterocycles. The number of hydrogen-bond acceptors (Lipinski definition) is 7. The van der Waals surface area contributed by atoms with Crippen LogP contribution in [0.4, 0.5) is 0 Å². The highest BCUT2D eigenvalue weighted by Crippen LogP contribution is 2.18. The molecule has 0 spiro atoms. The highest BCUT2D eigenvalue weighted by molar-refractivity contribution is 7.89. The fraction of sp³-hybridized carbons (Fsp3) is 0.529. The SMILES string of the molecule is CC(C)(C)OC(=O)COC(=O)c1ccc(S(=O)(=O)N2CCOCC2)cc1. The molecule has 1 aromatic rings. The minimum absolute atomic E-state index is 0.0862. The third-order valence-electron chi connectivity index (χ3n) is 3.44. The van der Waals surface area contributed by atoms with Crippen molar-refractivity contribution in [3.05, 3.63) is 29.8 Å². The van der Waals surface area contributed by atoms with E-state index in [2.05, 4.69) is 0 Å². The number of morpholine rings is 1. The number of esters is 2. The smallest absolute Gasteiger partial charge is 0.344 e. The average molecular weight is 385 g/mol. The fourth-order valence-electron chi connectivity index (χ4n) is 2.28. The summed E-state index contributed by atoms with van der Waals surface area (Å²) in [6.07, 6.45) is 0. The Labute approximate surface area is 153 Å². The molecular formula is C17H23NO7S. The molecule has 0 aliphatic carbocycles. The van der Waals surface area contributed by atoms with Crippen LogP contribution in [0, 0.1) is 0 Å². The largest absolute Gasteiger partial charge is 0.457 e. The number of benzene rings is 1. The van der Waals surface area contributed by atoms with Gasteiger partial charge in [-0.25, -0.2) is 18.0 Å². The maximum absolute atomic E-state index is 12.5. The van der Waals surface area contributed by atoms with Gasteiger partial charge < -0.3 is 14.2 Å². The number of ether oxygens (including phenoxy) is 3. The topological polar surface area (TPSA) is 99.2 Å². The van der Waals surface area contributed by atoms with Crippen LogP contribution >= 0.6 is 0 Å². The number of rotatable bonds is 5. The van der Waals surface area contributed by atoms with Crippen LogP contribution in [0.25, 0.3) is 0 Å². The Morgan fingerprint density at radius 3 is 2.23 bits per heavy atom. The van der Waals surface area contributed by atoms with Gasteiger partial charge in [-0.3, -0.25) is 0 Å². The zero-order valence-electron chi connectivity index (χ0n) is 15.1. The molecule has 0 amide bonds. The van der Waals surface area contributed by atoms with Crippen molar-refractivity contribution >= 4 is 22.0 Å². The molecule has 0 bridgehead atoms. The summed E-state index contributed by atoms with van der Waals surface area (Å²) < 4.78 is 41.4. The number of sulfonamides is 1. The number of nitrogens with zero attached hydrogens (tertiary/aromatic N) is 1. The molecule has 8 nitrogen and oxygen atoms in total. The lowest BCUT2D eigenvalue weighted by atomic mass is 10.2. The van der Waals surface area contributed by atoms with Gasteiger partial charge >= 0.3 is 11.9 Å². The first-order chi connectivity index (χ1) is 12.1. The minimum Gasteiger partial charge on any atom is -0.457 e. The van der Waals surface area contributed by atoms with E-state index in [4.69, 9.17) is 14.2 Å². The molecule has 0 saturated carbocycles. The molecule has 0 radical (unpaired) electrons. The highest BCUT2D eigenvalue weighted by atomic mass is 32.2. The Hall–Kier alpha value is -1.97. The van der Waals surface area contributed by atoms with E-state index in [0.29, 0.717) is 26.3 Å². The molecule has 1 heterocycles. The lowest BCUT2D eigenvalue weighted by Gasteiger charge is -2.26. The first-order valence-electron chi connectivity index (χ1n) is 8.16. The van der Waals surface area contributed by atoms with Gasteiger partial charge in [-0.15, -0.1) is 0 Å². The van der Waals surface area contributed by atoms with E-state index in [0.717, 1.165) is 0 Å². The van der Waals surface area contributed by atoms with E-state index in [-0.39, 0.29) is 10.5 Å². The maximum Gasteiger partial charge on any atom is 0.344 e. The first-order valence-corrected chi connectivity index (χ1v) is 9.60. The summed E-state index contributed by atoms with van der Waals surface area (Å²) in [6, 6.07) is 5.39. The van der Waals surface area contributed by atoms with Crippen molar-refractivity contribution in [2.75, 3.05) is 32.9 Å². The van der Waals surface area contributed by atoms with Crippen molar-refractivity contribution in [3.8, 4) is 0 Å². The van der Waals surface area contributed by atoms with Crippen LogP contribution in [-0.2, 0) is 29.0 Å². The van der Waals surface area contributed by atoms with Gasteiger partial charge in [-0.05, 0) is 45.0 Å². The van der Waals surface area contributed by atoms with Gasteiger partial charge in [0.2, 0.25) is 10.0 Å². The van der Waals surface area contributed by atoms with E-state index < -0.39 is 34.2 Å². The van der Waals surface area contributed by atoms with E-state index in [1.807, 2.05) is 0 Å². The summed E-state index contributed by atoms with van der Waals surface area (Å²) in [7, 11) is -3.62. The second-order valence-electron chi connectivity index (χ2n) is 6.70. The molecule has 0 unspecified atom stereocenters. The molecule has 26 heavy (non-hydrogen) atoms. The molecule has 1 aliphatic heterocycles. The Balaban J connectivity index is 1.98. The molecule has 9 heteroatoms. The summed E-state index contributed by atoms with van der Waals surface area (Å²) in [5.74, 6) is -1.39. The van der Waals surface area contributed by atoms with Crippen LogP contribution in [0.15, 0.2) is 29.2 Å². The minimum atomic E-state index is -3.62. The second kappa shape index (κ2) is 8.15. The summed E-state index contributed by atoms with van der Waals surface area (Å²) in [5, 5.41) is 0. The predicted molar refractivity (Wildman–Crippen MR) is 92.1 cm³/mol. The Kier molecular flexibility index (Phi) is 6.38. The van der Waals surface area contributed by atoms with Crippen LogP contribution in [0.2, 0.25) is 0 Å². The van der Waals surface area contributed by atoms with Crippen molar-refractivity contribution in [2.45, 2.75) is 31.3 Å². The molecular weight excluding hydrogens is 362 g/mol. The van der Waals surface area contributed by atoms with E-state index in [9.17, 15) is 18.0 Å². The van der Waals surface area contributed by atoms with Gasteiger partial charge in [-0.2, -0.15) is 4.31 Å². The summed E-state index contributed by atoms with van der Waals surface area (Å²) in [5.41, 5.74) is -0.520. The Morgan fingerprint density at radius 2 is 1.69 bits per heavy atom. The number of carbonyl (C=O) groups excluding carboxylic acids is 2. The monoisotopic (exact) mass is 385 g/mol. The molecule has 0 atom stereocenters. The third-order valence-corrected chi connectivity index (χ3v) is 5.35. The Bertz CT molecular complexity index is 744. The molecule has 144 valence electrons. The van der Waals surface area contributed by atoms with Crippen LogP contribution in [0.5, 0.6) is 0 Å². The van der Waals surface area contributed by atoms with Crippen molar-refractivity contribution in [2.24, 2.45) is 0 Å². The molecule has 1 aromatic carbocycles. The lowest BCUT2D eigenvalue weighted by Crippen LogP contribution is -2.40. The van der Waals surface area contributed by atoms with Crippen molar-refractivity contribution in [1.29, 1.82) is 0 Å². The molecule has 0 aromatic heterocycles. The van der Waals surface area contributed by atoms with E-state index in [1.54, 1.807) is 20.8 Å². The van der Waals surface area contributed by atoms with Crippen LogP contribution in [0.3, 0.4) is 0 Å². The quantitative estimate of drug-likeness (QED) is 0.702. The molecule has 2 rings (SSSR count). The van der Waals surface area contributed by atoms with E-state index >= 15 is 0 Å². The molecule has 0 N–H and O–H groups in total. The van der Waals surface area contributed by atoms with Gasteiger partial charge in [0, 0.05) is 13.1 Å². The number of hydrogen-bond donors (Lipinski definition) is 0. The van der Waals surface area contributed by atoms with Crippen molar-refractivity contribution in [3.63, 3.8) is 0 Å². The normalized spacial score (nSPS) is 16.1. The van der Waals surface area contributed by atoms with Gasteiger partial charge in [0.25, 0.3) is 0 Å². The summed E-state index contributed by atoms with van der Waals surface area (Å²) in [6.45, 7) is 5.91. The second-order valence-corrected chi connectivity index (χ2v) is 8.64. The van der Waals surface area contributed by atoms with Crippen molar-refractivity contribution in [1.82, 2.24) is 4.31 Å². The van der Waals surface area contributed by atoms with Crippen LogP contribution < -0.4 is 0 Å². The van der Waals surface area contributed by atoms with Crippen molar-refractivity contribution < 1.29 is 32.2 Å². The average Bonchev–Trinajstić information content (AvgIpc) is 2.59. The standard InChI is InChI=1S/C17H23NO7S/c1-17(2,3)25-15(19)12-24-16(20)13-4-6-14(7-5-13)26(21,22)18-8-10-23-11-9-18/h4-7H,8-12H2,1-3H3. The van der Waals surface area contributed by atoms with Crippen LogP contribution in [0.1, 0.15) is 31.1 Å². The lowest BCUT2D eigenvalue weighted by molar-refractivity contribution is -0.158. The fourth-order valence-corrected chi connectivity index (χ4v) is 3.69. The first kappa shape index (κ1) is 20.3. The Morgan fingerprint density at radius 1 is 1.12 bits per heavy atom. The predicted octanol–water partition coefficient (Wildman–Crippen LogP) is 1.21. The van der Waals surface area contributed by atoms with Gasteiger partial charge in [0.1, 0.15) is 5.60 Å². The van der Waals surface area contributed by atoms with E-state index in [1.165, 1.54) is 28.6 Å². The number of carbonyl (C=O) groups is 2. The maximum atomic E-state index is 12.5. The van der Waals surface area contributed by atoms with Gasteiger partial charge in [-0.1, -0.05) is 0 Å². The molecule has 1 fully saturated rings. The third kappa shape index (κ3) is 5.52. The van der Waals surface area contributed by atoms with Crippen LogP contribution in [-0.4, -0.2) is 63.2 Å².